The average Bonchev–Trinajstić information content (AvgIpc) is 2.54. The van der Waals surface area contributed by atoms with E-state index in [1.54, 1.807) is 0 Å². The molecule has 1 saturated carbocycles. The molecule has 0 spiro atoms. The third kappa shape index (κ3) is 2.37. The molecular weight excluding hydrogens is 282 g/mol. The van der Waals surface area contributed by atoms with Gasteiger partial charge in [-0.25, -0.2) is 0 Å². The number of nitrogens with zero attached hydrogens (tertiary/aromatic N) is 1. The van der Waals surface area contributed by atoms with Gasteiger partial charge in [0.25, 0.3) is 0 Å². The maximum absolute atomic E-state index is 6.75. The topological polar surface area (TPSA) is 12.5 Å². The first kappa shape index (κ1) is 15.7. The number of fused-ring (bicyclic) bond motifs is 4. The Morgan fingerprint density at radius 3 is 2.65 bits per heavy atom. The molecule has 0 aromatic heterocycles. The summed E-state index contributed by atoms with van der Waals surface area (Å²) in [5.74, 6) is 2.13. The minimum atomic E-state index is 0.163. The Morgan fingerprint density at radius 2 is 1.91 bits per heavy atom. The highest BCUT2D eigenvalue weighted by atomic mass is 16.5. The van der Waals surface area contributed by atoms with E-state index in [9.17, 15) is 0 Å². The van der Waals surface area contributed by atoms with E-state index in [1.807, 2.05) is 0 Å². The Hall–Kier alpha value is -0.860. The number of ether oxygens (including phenoxy) is 1. The van der Waals surface area contributed by atoms with E-state index in [1.165, 1.54) is 36.8 Å². The lowest BCUT2D eigenvalue weighted by atomic mass is 9.68. The Balaban J connectivity index is 1.75. The summed E-state index contributed by atoms with van der Waals surface area (Å²) >= 11 is 0. The van der Waals surface area contributed by atoms with Gasteiger partial charge in [0, 0.05) is 18.0 Å². The second-order valence-corrected chi connectivity index (χ2v) is 8.59. The van der Waals surface area contributed by atoms with Crippen LogP contribution in [-0.4, -0.2) is 23.1 Å². The van der Waals surface area contributed by atoms with Crippen molar-refractivity contribution in [1.82, 2.24) is 4.90 Å². The highest BCUT2D eigenvalue weighted by Gasteiger charge is 2.52. The van der Waals surface area contributed by atoms with Crippen LogP contribution in [0.5, 0.6) is 0 Å². The van der Waals surface area contributed by atoms with Gasteiger partial charge in [0.05, 0.1) is 6.10 Å². The Morgan fingerprint density at radius 1 is 1.17 bits per heavy atom. The number of rotatable bonds is 1. The zero-order chi connectivity index (χ0) is 16.2. The molecule has 5 atom stereocenters. The lowest BCUT2D eigenvalue weighted by Gasteiger charge is -2.59. The number of hydrogen-bond acceptors (Lipinski definition) is 2. The van der Waals surface area contributed by atoms with Crippen LogP contribution in [-0.2, 0) is 4.74 Å². The summed E-state index contributed by atoms with van der Waals surface area (Å²) in [7, 11) is 0. The summed E-state index contributed by atoms with van der Waals surface area (Å²) in [5.41, 5.74) is 3.18. The van der Waals surface area contributed by atoms with Crippen molar-refractivity contribution in [3.05, 3.63) is 35.4 Å². The molecule has 1 aliphatic carbocycles. The standard InChI is InChI=1S/C21H31NO/c1-5-15-13-22-20(17-9-7-6-8-16(15)17)23-19-12-14(2)10-11-18(19)21(22,3)4/h6-9,14-15,18-20H,5,10-13H2,1-4H3/t14-,15-,18-,19-,20?/m1/s1. The molecule has 0 radical (unpaired) electrons. The van der Waals surface area contributed by atoms with Crippen LogP contribution in [0.25, 0.3) is 0 Å². The average molecular weight is 313 g/mol. The lowest BCUT2D eigenvalue weighted by molar-refractivity contribution is -0.242. The van der Waals surface area contributed by atoms with Crippen LogP contribution in [0, 0.1) is 11.8 Å². The molecule has 2 heterocycles. The minimum Gasteiger partial charge on any atom is -0.355 e. The van der Waals surface area contributed by atoms with Gasteiger partial charge in [0.15, 0.2) is 0 Å². The van der Waals surface area contributed by atoms with Crippen molar-refractivity contribution in [3.63, 3.8) is 0 Å². The molecule has 1 aromatic rings. The fourth-order valence-electron chi connectivity index (χ4n) is 5.41. The molecule has 4 rings (SSSR count). The van der Waals surface area contributed by atoms with Crippen molar-refractivity contribution in [3.8, 4) is 0 Å². The van der Waals surface area contributed by atoms with E-state index in [2.05, 4.69) is 56.9 Å². The molecular formula is C21H31NO. The SMILES string of the molecule is CC[C@@H]1CN2C(O[C@@H]3C[C@H](C)CC[C@H]3C2(C)C)c2ccccc21. The maximum Gasteiger partial charge on any atom is 0.137 e. The first-order valence-electron chi connectivity index (χ1n) is 9.53. The van der Waals surface area contributed by atoms with E-state index < -0.39 is 0 Å². The highest BCUT2D eigenvalue weighted by molar-refractivity contribution is 5.35. The summed E-state index contributed by atoms with van der Waals surface area (Å²) in [5, 5.41) is 0. The molecule has 2 fully saturated rings. The second-order valence-electron chi connectivity index (χ2n) is 8.59. The van der Waals surface area contributed by atoms with Gasteiger partial charge in [-0.2, -0.15) is 0 Å². The van der Waals surface area contributed by atoms with Gasteiger partial charge in [0.1, 0.15) is 6.23 Å². The first-order chi connectivity index (χ1) is 11.0. The van der Waals surface area contributed by atoms with Crippen molar-refractivity contribution in [2.24, 2.45) is 11.8 Å². The van der Waals surface area contributed by atoms with Crippen molar-refractivity contribution in [2.45, 2.75) is 77.2 Å². The smallest absolute Gasteiger partial charge is 0.137 e. The number of benzene rings is 1. The lowest BCUT2D eigenvalue weighted by Crippen LogP contribution is -2.63. The predicted molar refractivity (Wildman–Crippen MR) is 94.4 cm³/mol. The van der Waals surface area contributed by atoms with Gasteiger partial charge < -0.3 is 4.74 Å². The molecule has 23 heavy (non-hydrogen) atoms. The molecule has 2 heteroatoms. The monoisotopic (exact) mass is 313 g/mol. The molecule has 3 aliphatic rings. The van der Waals surface area contributed by atoms with Gasteiger partial charge in [-0.3, -0.25) is 4.90 Å². The molecule has 0 amide bonds. The van der Waals surface area contributed by atoms with E-state index in [-0.39, 0.29) is 11.8 Å². The van der Waals surface area contributed by atoms with E-state index >= 15 is 0 Å². The quantitative estimate of drug-likeness (QED) is 0.714. The van der Waals surface area contributed by atoms with Crippen LogP contribution >= 0.6 is 0 Å². The van der Waals surface area contributed by atoms with Crippen molar-refractivity contribution < 1.29 is 4.74 Å². The highest BCUT2D eigenvalue weighted by Crippen LogP contribution is 2.52. The van der Waals surface area contributed by atoms with Crippen LogP contribution in [0.2, 0.25) is 0 Å². The first-order valence-corrected chi connectivity index (χ1v) is 9.53. The second kappa shape index (κ2) is 5.60. The summed E-state index contributed by atoms with van der Waals surface area (Å²) < 4.78 is 6.75. The summed E-state index contributed by atoms with van der Waals surface area (Å²) in [6.07, 6.45) is 5.72. The Bertz CT molecular complexity index is 581. The van der Waals surface area contributed by atoms with Crippen LogP contribution in [0.1, 0.15) is 76.7 Å². The molecule has 1 aromatic carbocycles. The summed E-state index contributed by atoms with van der Waals surface area (Å²) in [6, 6.07) is 9.00. The fraction of sp³-hybridized carbons (Fsp3) is 0.714. The van der Waals surface area contributed by atoms with E-state index in [4.69, 9.17) is 4.74 Å². The Labute approximate surface area is 141 Å². The summed E-state index contributed by atoms with van der Waals surface area (Å²) in [4.78, 5) is 2.68. The van der Waals surface area contributed by atoms with Crippen molar-refractivity contribution in [2.75, 3.05) is 6.54 Å². The van der Waals surface area contributed by atoms with Gasteiger partial charge in [-0.1, -0.05) is 44.5 Å². The molecule has 2 aliphatic heterocycles. The van der Waals surface area contributed by atoms with Crippen LogP contribution in [0.15, 0.2) is 24.3 Å². The zero-order valence-corrected chi connectivity index (χ0v) is 15.1. The molecule has 2 nitrogen and oxygen atoms in total. The normalized spacial score (nSPS) is 39.2. The minimum absolute atomic E-state index is 0.163. The van der Waals surface area contributed by atoms with Gasteiger partial charge in [0.2, 0.25) is 0 Å². The third-order valence-corrected chi connectivity index (χ3v) is 6.90. The largest absolute Gasteiger partial charge is 0.355 e. The molecule has 126 valence electrons. The maximum atomic E-state index is 6.75. The fourth-order valence-corrected chi connectivity index (χ4v) is 5.41. The molecule has 0 bridgehead atoms. The van der Waals surface area contributed by atoms with Gasteiger partial charge in [-0.15, -0.1) is 0 Å². The molecule has 1 saturated heterocycles. The van der Waals surface area contributed by atoms with Crippen LogP contribution < -0.4 is 0 Å². The Kier molecular flexibility index (Phi) is 3.81. The molecule has 0 N–H and O–H groups in total. The third-order valence-electron chi connectivity index (χ3n) is 6.90. The summed E-state index contributed by atoms with van der Waals surface area (Å²) in [6.45, 7) is 10.8. The van der Waals surface area contributed by atoms with Crippen LogP contribution in [0.4, 0.5) is 0 Å². The van der Waals surface area contributed by atoms with Crippen LogP contribution in [0.3, 0.4) is 0 Å². The van der Waals surface area contributed by atoms with Crippen molar-refractivity contribution >= 4 is 0 Å². The van der Waals surface area contributed by atoms with Gasteiger partial charge >= 0.3 is 0 Å². The number of hydrogen-bond donors (Lipinski definition) is 0. The van der Waals surface area contributed by atoms with Gasteiger partial charge in [-0.05, 0) is 56.1 Å². The van der Waals surface area contributed by atoms with E-state index in [0.29, 0.717) is 17.9 Å². The molecule has 1 unspecified atom stereocenters. The zero-order valence-electron chi connectivity index (χ0n) is 15.1. The predicted octanol–water partition coefficient (Wildman–Crippen LogP) is 5.11. The van der Waals surface area contributed by atoms with Crippen molar-refractivity contribution in [1.29, 1.82) is 0 Å². The van der Waals surface area contributed by atoms with E-state index in [0.717, 1.165) is 12.5 Å².